The summed E-state index contributed by atoms with van der Waals surface area (Å²) in [5.41, 5.74) is 0. The van der Waals surface area contributed by atoms with Crippen LogP contribution in [-0.2, 0) is 13.3 Å². The zero-order chi connectivity index (χ0) is 13.0. The Hall–Kier alpha value is -0.363. The lowest BCUT2D eigenvalue weighted by molar-refractivity contribution is 0.0709. The topological polar surface area (TPSA) is 39.7 Å². The third-order valence-electron chi connectivity index (χ3n) is 2.18. The molecule has 0 amide bonds. The summed E-state index contributed by atoms with van der Waals surface area (Å²) in [6.07, 6.45) is 4.93. The highest BCUT2D eigenvalue weighted by atomic mass is 28.4. The van der Waals surface area contributed by atoms with Gasteiger partial charge < -0.3 is 18.6 Å². The van der Waals surface area contributed by atoms with E-state index >= 15 is 0 Å². The molecule has 0 aliphatic heterocycles. The SMILES string of the molecule is C/C=C/NCCC[Si](OCC)(OCC)OCC. The summed E-state index contributed by atoms with van der Waals surface area (Å²) in [7, 11) is -2.42. The van der Waals surface area contributed by atoms with E-state index in [1.807, 2.05) is 40.0 Å². The molecule has 102 valence electrons. The van der Waals surface area contributed by atoms with Crippen LogP contribution in [-0.4, -0.2) is 35.2 Å². The van der Waals surface area contributed by atoms with Crippen LogP contribution >= 0.6 is 0 Å². The van der Waals surface area contributed by atoms with Crippen molar-refractivity contribution in [3.63, 3.8) is 0 Å². The van der Waals surface area contributed by atoms with Gasteiger partial charge in [0.15, 0.2) is 0 Å². The van der Waals surface area contributed by atoms with Crippen LogP contribution in [0.4, 0.5) is 0 Å². The van der Waals surface area contributed by atoms with Crippen molar-refractivity contribution >= 4 is 8.80 Å². The molecule has 0 saturated carbocycles. The molecule has 0 heterocycles. The molecule has 0 aromatic rings. The largest absolute Gasteiger partial charge is 0.500 e. The van der Waals surface area contributed by atoms with E-state index in [9.17, 15) is 0 Å². The highest BCUT2D eigenvalue weighted by Crippen LogP contribution is 2.17. The standard InChI is InChI=1S/C12H27NO3Si/c1-5-10-13-11-9-12-17(14-6-2,15-7-3)16-8-4/h5,10,13H,6-9,11-12H2,1-4H3/b10-5+. The van der Waals surface area contributed by atoms with Gasteiger partial charge in [-0.3, -0.25) is 0 Å². The van der Waals surface area contributed by atoms with Gasteiger partial charge in [0.05, 0.1) is 0 Å². The number of rotatable bonds is 11. The predicted molar refractivity (Wildman–Crippen MR) is 72.9 cm³/mol. The van der Waals surface area contributed by atoms with E-state index in [-0.39, 0.29) is 0 Å². The summed E-state index contributed by atoms with van der Waals surface area (Å²) in [5, 5.41) is 3.21. The number of nitrogens with one attached hydrogen (secondary N) is 1. The highest BCUT2D eigenvalue weighted by molar-refractivity contribution is 6.60. The number of hydrogen-bond donors (Lipinski definition) is 1. The molecule has 0 rings (SSSR count). The van der Waals surface area contributed by atoms with Crippen LogP contribution in [0.3, 0.4) is 0 Å². The maximum atomic E-state index is 5.77. The maximum absolute atomic E-state index is 5.77. The molecule has 1 N–H and O–H groups in total. The van der Waals surface area contributed by atoms with E-state index in [4.69, 9.17) is 13.3 Å². The lowest BCUT2D eigenvalue weighted by atomic mass is 10.5. The quantitative estimate of drug-likeness (QED) is 0.458. The average molecular weight is 261 g/mol. The zero-order valence-corrected chi connectivity index (χ0v) is 12.6. The van der Waals surface area contributed by atoms with Gasteiger partial charge in [-0.05, 0) is 40.3 Å². The lowest BCUT2D eigenvalue weighted by Gasteiger charge is -2.28. The second-order valence-electron chi connectivity index (χ2n) is 3.54. The summed E-state index contributed by atoms with van der Waals surface area (Å²) < 4.78 is 17.3. The summed E-state index contributed by atoms with van der Waals surface area (Å²) in [6, 6.07) is 0.868. The van der Waals surface area contributed by atoms with Crippen molar-refractivity contribution in [2.45, 2.75) is 40.2 Å². The van der Waals surface area contributed by atoms with Gasteiger partial charge in [-0.15, -0.1) is 0 Å². The zero-order valence-electron chi connectivity index (χ0n) is 11.6. The molecule has 5 heteroatoms. The predicted octanol–water partition coefficient (Wildman–Crippen LogP) is 2.55. The van der Waals surface area contributed by atoms with Crippen molar-refractivity contribution in [2.75, 3.05) is 26.4 Å². The Morgan fingerprint density at radius 2 is 1.53 bits per heavy atom. The first-order valence-electron chi connectivity index (χ1n) is 6.51. The fraction of sp³-hybridized carbons (Fsp3) is 0.833. The first-order valence-corrected chi connectivity index (χ1v) is 8.44. The molecular weight excluding hydrogens is 234 g/mol. The Bertz CT molecular complexity index is 183. The molecule has 0 radical (unpaired) electrons. The van der Waals surface area contributed by atoms with Gasteiger partial charge in [0.1, 0.15) is 0 Å². The van der Waals surface area contributed by atoms with Crippen LogP contribution in [0.2, 0.25) is 6.04 Å². The van der Waals surface area contributed by atoms with Crippen molar-refractivity contribution in [1.82, 2.24) is 5.32 Å². The van der Waals surface area contributed by atoms with Gasteiger partial charge in [0, 0.05) is 32.4 Å². The first-order chi connectivity index (χ1) is 8.24. The smallest absolute Gasteiger partial charge is 0.391 e. The molecule has 17 heavy (non-hydrogen) atoms. The highest BCUT2D eigenvalue weighted by Gasteiger charge is 2.39. The van der Waals surface area contributed by atoms with Crippen molar-refractivity contribution in [3.8, 4) is 0 Å². The third kappa shape index (κ3) is 7.54. The van der Waals surface area contributed by atoms with Gasteiger partial charge in [-0.2, -0.15) is 0 Å². The van der Waals surface area contributed by atoms with E-state index < -0.39 is 8.80 Å². The number of hydrogen-bond acceptors (Lipinski definition) is 4. The van der Waals surface area contributed by atoms with Crippen LogP contribution in [0.15, 0.2) is 12.3 Å². The van der Waals surface area contributed by atoms with E-state index in [2.05, 4.69) is 5.32 Å². The normalized spacial score (nSPS) is 12.2. The Labute approximate surface area is 107 Å². The fourth-order valence-corrected chi connectivity index (χ4v) is 4.22. The van der Waals surface area contributed by atoms with Crippen molar-refractivity contribution in [1.29, 1.82) is 0 Å². The Kier molecular flexibility index (Phi) is 10.5. The molecule has 0 atom stereocenters. The van der Waals surface area contributed by atoms with Gasteiger partial charge in [-0.1, -0.05) is 6.08 Å². The molecule has 0 saturated heterocycles. The second-order valence-corrected chi connectivity index (χ2v) is 6.27. The van der Waals surface area contributed by atoms with Gasteiger partial charge in [-0.25, -0.2) is 0 Å². The minimum atomic E-state index is -2.42. The molecule has 0 unspecified atom stereocenters. The van der Waals surface area contributed by atoms with Gasteiger partial charge in [0.2, 0.25) is 0 Å². The van der Waals surface area contributed by atoms with E-state index in [0.29, 0.717) is 19.8 Å². The van der Waals surface area contributed by atoms with Crippen LogP contribution in [0.1, 0.15) is 34.1 Å². The Morgan fingerprint density at radius 3 is 1.94 bits per heavy atom. The molecule has 0 spiro atoms. The molecular formula is C12H27NO3Si. The summed E-state index contributed by atoms with van der Waals surface area (Å²) in [4.78, 5) is 0. The first kappa shape index (κ1) is 16.6. The molecule has 0 aromatic carbocycles. The van der Waals surface area contributed by atoms with Crippen LogP contribution < -0.4 is 5.32 Å². The Morgan fingerprint density at radius 1 is 1.00 bits per heavy atom. The van der Waals surface area contributed by atoms with Gasteiger partial charge in [0.25, 0.3) is 0 Å². The molecule has 0 aromatic heterocycles. The van der Waals surface area contributed by atoms with E-state index in [1.165, 1.54) is 0 Å². The van der Waals surface area contributed by atoms with Crippen molar-refractivity contribution in [2.24, 2.45) is 0 Å². The fourth-order valence-electron chi connectivity index (χ4n) is 1.61. The van der Waals surface area contributed by atoms with Crippen molar-refractivity contribution in [3.05, 3.63) is 12.3 Å². The second kappa shape index (κ2) is 10.8. The number of allylic oxidation sites excluding steroid dienone is 1. The van der Waals surface area contributed by atoms with E-state index in [0.717, 1.165) is 19.0 Å². The molecule has 0 bridgehead atoms. The molecule has 0 aliphatic rings. The molecule has 0 fully saturated rings. The summed E-state index contributed by atoms with van der Waals surface area (Å²) in [5.74, 6) is 0. The van der Waals surface area contributed by atoms with Crippen LogP contribution in [0, 0.1) is 0 Å². The van der Waals surface area contributed by atoms with Crippen LogP contribution in [0.25, 0.3) is 0 Å². The van der Waals surface area contributed by atoms with Crippen molar-refractivity contribution < 1.29 is 13.3 Å². The van der Waals surface area contributed by atoms with Crippen LogP contribution in [0.5, 0.6) is 0 Å². The average Bonchev–Trinajstić information content (AvgIpc) is 2.30. The third-order valence-corrected chi connectivity index (χ3v) is 5.33. The maximum Gasteiger partial charge on any atom is 0.500 e. The molecule has 4 nitrogen and oxygen atoms in total. The monoisotopic (exact) mass is 261 g/mol. The summed E-state index contributed by atoms with van der Waals surface area (Å²) in [6.45, 7) is 10.8. The lowest BCUT2D eigenvalue weighted by Crippen LogP contribution is -2.46. The Balaban J connectivity index is 4.13. The molecule has 0 aliphatic carbocycles. The van der Waals surface area contributed by atoms with Gasteiger partial charge >= 0.3 is 8.80 Å². The minimum absolute atomic E-state index is 0.647. The van der Waals surface area contributed by atoms with E-state index in [1.54, 1.807) is 0 Å². The summed E-state index contributed by atoms with van der Waals surface area (Å²) >= 11 is 0. The minimum Gasteiger partial charge on any atom is -0.391 e.